The molecule has 3 nitrogen and oxygen atoms in total. The van der Waals surface area contributed by atoms with Gasteiger partial charge in [0.05, 0.1) is 5.56 Å². The first-order valence-electron chi connectivity index (χ1n) is 6.07. The van der Waals surface area contributed by atoms with Crippen molar-refractivity contribution in [3.63, 3.8) is 0 Å². The molecule has 0 saturated carbocycles. The number of nitrogen functional groups attached to an aromatic ring is 1. The van der Waals surface area contributed by atoms with E-state index in [-0.39, 0.29) is 11.5 Å². The molecule has 0 aliphatic carbocycles. The summed E-state index contributed by atoms with van der Waals surface area (Å²) in [4.78, 5) is 14.0. The molecule has 0 aromatic heterocycles. The molecule has 1 aromatic rings. The maximum absolute atomic E-state index is 13.6. The summed E-state index contributed by atoms with van der Waals surface area (Å²) < 4.78 is 13.6. The molecule has 1 unspecified atom stereocenters. The molecule has 1 aromatic carbocycles. The highest BCUT2D eigenvalue weighted by molar-refractivity contribution is 8.00. The summed E-state index contributed by atoms with van der Waals surface area (Å²) in [6.45, 7) is 3.47. The zero-order valence-electron chi connectivity index (χ0n) is 10.4. The van der Waals surface area contributed by atoms with Gasteiger partial charge in [-0.15, -0.1) is 0 Å². The zero-order valence-corrected chi connectivity index (χ0v) is 11.2. The van der Waals surface area contributed by atoms with E-state index in [0.717, 1.165) is 12.2 Å². The van der Waals surface area contributed by atoms with Gasteiger partial charge in [-0.05, 0) is 24.6 Å². The van der Waals surface area contributed by atoms with E-state index in [1.165, 1.54) is 18.2 Å². The number of hydrogen-bond acceptors (Lipinski definition) is 3. The molecule has 0 bridgehead atoms. The lowest BCUT2D eigenvalue weighted by molar-refractivity contribution is 0.0756. The average molecular weight is 268 g/mol. The Morgan fingerprint density at radius 2 is 2.39 bits per heavy atom. The molecule has 1 atom stereocenters. The third-order valence-electron chi connectivity index (χ3n) is 3.10. The number of nitrogens with two attached hydrogens (primary N) is 1. The van der Waals surface area contributed by atoms with Crippen molar-refractivity contribution in [2.45, 2.75) is 18.6 Å². The van der Waals surface area contributed by atoms with Gasteiger partial charge in [0.1, 0.15) is 5.82 Å². The molecular formula is C13H17FN2OS. The van der Waals surface area contributed by atoms with E-state index in [1.54, 1.807) is 4.90 Å². The molecule has 0 radical (unpaired) electrons. The number of rotatable bonds is 2. The maximum Gasteiger partial charge on any atom is 0.256 e. The molecule has 1 amide bonds. The Balaban J connectivity index is 2.17. The quantitative estimate of drug-likeness (QED) is 0.838. The standard InChI is InChI=1S/C13H17FN2OS/c1-2-10-8-16(5-6-18-10)13(17)11-7-9(15)3-4-12(11)14/h3-4,7,10H,2,5-6,8,15H2,1H3. The minimum absolute atomic E-state index is 0.0803. The fraction of sp³-hybridized carbons (Fsp3) is 0.462. The van der Waals surface area contributed by atoms with Gasteiger partial charge >= 0.3 is 0 Å². The number of nitrogens with zero attached hydrogens (tertiary/aromatic N) is 1. The Kier molecular flexibility index (Phi) is 4.11. The summed E-state index contributed by atoms with van der Waals surface area (Å²) in [6, 6.07) is 4.13. The highest BCUT2D eigenvalue weighted by atomic mass is 32.2. The molecule has 2 rings (SSSR count). The monoisotopic (exact) mass is 268 g/mol. The van der Waals surface area contributed by atoms with Gasteiger partial charge in [0, 0.05) is 29.8 Å². The molecule has 98 valence electrons. The Labute approximate surface area is 111 Å². The first kappa shape index (κ1) is 13.2. The number of thioether (sulfide) groups is 1. The number of anilines is 1. The third-order valence-corrected chi connectivity index (χ3v) is 4.47. The molecule has 5 heteroatoms. The molecule has 1 aliphatic rings. The van der Waals surface area contributed by atoms with Crippen molar-refractivity contribution in [2.24, 2.45) is 0 Å². The zero-order chi connectivity index (χ0) is 13.1. The van der Waals surface area contributed by atoms with E-state index < -0.39 is 5.82 Å². The Morgan fingerprint density at radius 1 is 1.61 bits per heavy atom. The van der Waals surface area contributed by atoms with Crippen molar-refractivity contribution < 1.29 is 9.18 Å². The van der Waals surface area contributed by atoms with Gasteiger partial charge in [0.15, 0.2) is 0 Å². The van der Waals surface area contributed by atoms with Crippen LogP contribution in [0.1, 0.15) is 23.7 Å². The lowest BCUT2D eigenvalue weighted by Gasteiger charge is -2.32. The van der Waals surface area contributed by atoms with Crippen molar-refractivity contribution in [1.82, 2.24) is 4.90 Å². The summed E-state index contributed by atoms with van der Waals surface area (Å²) in [6.07, 6.45) is 1.02. The van der Waals surface area contributed by atoms with Gasteiger partial charge in [-0.2, -0.15) is 11.8 Å². The number of benzene rings is 1. The minimum atomic E-state index is -0.500. The van der Waals surface area contributed by atoms with E-state index >= 15 is 0 Å². The van der Waals surface area contributed by atoms with E-state index in [4.69, 9.17) is 5.73 Å². The predicted molar refractivity (Wildman–Crippen MR) is 73.3 cm³/mol. The van der Waals surface area contributed by atoms with Crippen LogP contribution < -0.4 is 5.73 Å². The van der Waals surface area contributed by atoms with Crippen LogP contribution in [0.2, 0.25) is 0 Å². The maximum atomic E-state index is 13.6. The summed E-state index contributed by atoms with van der Waals surface area (Å²) >= 11 is 1.87. The van der Waals surface area contributed by atoms with E-state index in [1.807, 2.05) is 11.8 Å². The van der Waals surface area contributed by atoms with Crippen molar-refractivity contribution >= 4 is 23.4 Å². The lowest BCUT2D eigenvalue weighted by Crippen LogP contribution is -2.42. The topological polar surface area (TPSA) is 46.3 Å². The van der Waals surface area contributed by atoms with Crippen LogP contribution in [0, 0.1) is 5.82 Å². The summed E-state index contributed by atoms with van der Waals surface area (Å²) in [5, 5.41) is 0.451. The molecule has 1 saturated heterocycles. The van der Waals surface area contributed by atoms with Gasteiger partial charge in [-0.1, -0.05) is 6.92 Å². The first-order chi connectivity index (χ1) is 8.61. The van der Waals surface area contributed by atoms with Gasteiger partial charge in [-0.25, -0.2) is 4.39 Å². The van der Waals surface area contributed by atoms with Crippen LogP contribution in [0.25, 0.3) is 0 Å². The normalized spacial score (nSPS) is 19.9. The van der Waals surface area contributed by atoms with E-state index in [0.29, 0.717) is 24.0 Å². The van der Waals surface area contributed by atoms with Crippen LogP contribution in [0.4, 0.5) is 10.1 Å². The Hall–Kier alpha value is -1.23. The van der Waals surface area contributed by atoms with Crippen molar-refractivity contribution in [1.29, 1.82) is 0 Å². The predicted octanol–water partition coefficient (Wildman–Crippen LogP) is 2.38. The first-order valence-corrected chi connectivity index (χ1v) is 7.12. The van der Waals surface area contributed by atoms with Gasteiger partial charge in [0.25, 0.3) is 5.91 Å². The summed E-state index contributed by atoms with van der Waals surface area (Å²) in [5.41, 5.74) is 6.10. The fourth-order valence-corrected chi connectivity index (χ4v) is 3.21. The second kappa shape index (κ2) is 5.61. The lowest BCUT2D eigenvalue weighted by atomic mass is 10.1. The largest absolute Gasteiger partial charge is 0.399 e. The van der Waals surface area contributed by atoms with Crippen molar-refractivity contribution in [2.75, 3.05) is 24.6 Å². The average Bonchev–Trinajstić information content (AvgIpc) is 2.41. The minimum Gasteiger partial charge on any atom is -0.399 e. The number of amides is 1. The van der Waals surface area contributed by atoms with Crippen LogP contribution in [0.5, 0.6) is 0 Å². The van der Waals surface area contributed by atoms with Crippen LogP contribution >= 0.6 is 11.8 Å². The van der Waals surface area contributed by atoms with Gasteiger partial charge in [0.2, 0.25) is 0 Å². The summed E-state index contributed by atoms with van der Waals surface area (Å²) in [7, 11) is 0. The molecular weight excluding hydrogens is 251 g/mol. The molecule has 18 heavy (non-hydrogen) atoms. The molecule has 1 heterocycles. The molecule has 2 N–H and O–H groups in total. The molecule has 1 fully saturated rings. The molecule has 0 spiro atoms. The van der Waals surface area contributed by atoms with Crippen LogP contribution in [-0.2, 0) is 0 Å². The second-order valence-corrected chi connectivity index (χ2v) is 5.80. The second-order valence-electron chi connectivity index (χ2n) is 4.39. The number of carbonyl (C=O) groups is 1. The van der Waals surface area contributed by atoms with E-state index in [9.17, 15) is 9.18 Å². The van der Waals surface area contributed by atoms with Crippen molar-refractivity contribution in [3.8, 4) is 0 Å². The number of carbonyl (C=O) groups excluding carboxylic acids is 1. The fourth-order valence-electron chi connectivity index (χ4n) is 2.03. The Morgan fingerprint density at radius 3 is 3.11 bits per heavy atom. The highest BCUT2D eigenvalue weighted by Crippen LogP contribution is 2.23. The number of hydrogen-bond donors (Lipinski definition) is 1. The highest BCUT2D eigenvalue weighted by Gasteiger charge is 2.25. The SMILES string of the molecule is CCC1CN(C(=O)c2cc(N)ccc2F)CCS1. The van der Waals surface area contributed by atoms with Crippen LogP contribution in [0.15, 0.2) is 18.2 Å². The van der Waals surface area contributed by atoms with Crippen molar-refractivity contribution in [3.05, 3.63) is 29.6 Å². The summed E-state index contributed by atoms with van der Waals surface area (Å²) in [5.74, 6) is 0.160. The van der Waals surface area contributed by atoms with Crippen LogP contribution in [-0.4, -0.2) is 34.9 Å². The smallest absolute Gasteiger partial charge is 0.256 e. The van der Waals surface area contributed by atoms with Gasteiger partial charge in [-0.3, -0.25) is 4.79 Å². The Bertz CT molecular complexity index is 453. The molecule has 1 aliphatic heterocycles. The van der Waals surface area contributed by atoms with Crippen LogP contribution in [0.3, 0.4) is 0 Å². The number of halogens is 1. The third kappa shape index (κ3) is 2.77. The van der Waals surface area contributed by atoms with E-state index in [2.05, 4.69) is 6.92 Å². The van der Waals surface area contributed by atoms with Gasteiger partial charge < -0.3 is 10.6 Å².